The molecule has 0 saturated carbocycles. The predicted octanol–water partition coefficient (Wildman–Crippen LogP) is 3.86. The third kappa shape index (κ3) is 7.85. The van der Waals surface area contributed by atoms with E-state index in [-0.39, 0.29) is 5.54 Å². The first kappa shape index (κ1) is 15.7. The highest BCUT2D eigenvalue weighted by molar-refractivity contribution is 7.09. The van der Waals surface area contributed by atoms with Gasteiger partial charge in [0.2, 0.25) is 0 Å². The molecule has 0 aliphatic heterocycles. The van der Waals surface area contributed by atoms with Crippen LogP contribution in [0.15, 0.2) is 17.5 Å². The molecule has 1 aromatic rings. The van der Waals surface area contributed by atoms with Gasteiger partial charge in [-0.15, -0.1) is 11.3 Å². The zero-order valence-corrected chi connectivity index (χ0v) is 13.0. The minimum atomic E-state index is 0.225. The number of thiophene rings is 1. The molecule has 0 aliphatic rings. The summed E-state index contributed by atoms with van der Waals surface area (Å²) in [4.78, 5) is 1.41. The highest BCUT2D eigenvalue weighted by atomic mass is 32.1. The number of ether oxygens (including phenoxy) is 1. The maximum absolute atomic E-state index is 5.83. The van der Waals surface area contributed by atoms with Gasteiger partial charge >= 0.3 is 0 Å². The molecule has 0 aliphatic carbocycles. The van der Waals surface area contributed by atoms with Crippen molar-refractivity contribution < 1.29 is 4.74 Å². The van der Waals surface area contributed by atoms with Crippen molar-refractivity contribution in [2.75, 3.05) is 13.2 Å². The molecule has 0 bridgehead atoms. The highest BCUT2D eigenvalue weighted by Crippen LogP contribution is 2.10. The molecule has 0 fully saturated rings. The normalized spacial score (nSPS) is 13.8. The lowest BCUT2D eigenvalue weighted by Crippen LogP contribution is -2.36. The Balaban J connectivity index is 1.99. The summed E-state index contributed by atoms with van der Waals surface area (Å²) in [7, 11) is 0. The zero-order valence-electron chi connectivity index (χ0n) is 12.2. The second kappa shape index (κ2) is 7.93. The van der Waals surface area contributed by atoms with Gasteiger partial charge in [-0.25, -0.2) is 0 Å². The van der Waals surface area contributed by atoms with E-state index in [1.807, 2.05) is 11.3 Å². The third-order valence-electron chi connectivity index (χ3n) is 2.77. The van der Waals surface area contributed by atoms with E-state index in [1.165, 1.54) is 11.3 Å². The fourth-order valence-corrected chi connectivity index (χ4v) is 2.44. The van der Waals surface area contributed by atoms with Crippen LogP contribution >= 0.6 is 11.3 Å². The van der Waals surface area contributed by atoms with Crippen LogP contribution in [-0.2, 0) is 11.2 Å². The number of rotatable bonds is 8. The topological polar surface area (TPSA) is 21.3 Å². The van der Waals surface area contributed by atoms with Crippen LogP contribution in [0.5, 0.6) is 0 Å². The quantitative estimate of drug-likeness (QED) is 0.724. The first-order chi connectivity index (χ1) is 8.47. The van der Waals surface area contributed by atoms with E-state index >= 15 is 0 Å². The van der Waals surface area contributed by atoms with Gasteiger partial charge in [-0.2, -0.15) is 0 Å². The highest BCUT2D eigenvalue weighted by Gasteiger charge is 2.08. The van der Waals surface area contributed by atoms with Gasteiger partial charge in [0.1, 0.15) is 0 Å². The van der Waals surface area contributed by atoms with Crippen molar-refractivity contribution in [1.29, 1.82) is 0 Å². The molecule has 1 heterocycles. The van der Waals surface area contributed by atoms with Crippen LogP contribution in [0, 0.1) is 0 Å². The van der Waals surface area contributed by atoms with Crippen LogP contribution < -0.4 is 5.32 Å². The van der Waals surface area contributed by atoms with Gasteiger partial charge in [0.05, 0.1) is 12.7 Å². The molecule has 0 saturated heterocycles. The summed E-state index contributed by atoms with van der Waals surface area (Å²) in [5, 5.41) is 5.62. The van der Waals surface area contributed by atoms with Gasteiger partial charge in [0.15, 0.2) is 0 Å². The minimum Gasteiger partial charge on any atom is -0.378 e. The summed E-state index contributed by atoms with van der Waals surface area (Å²) in [6.45, 7) is 10.7. The van der Waals surface area contributed by atoms with Crippen molar-refractivity contribution in [3.05, 3.63) is 22.4 Å². The molecule has 0 aromatic carbocycles. The Hall–Kier alpha value is -0.380. The SMILES string of the molecule is CC(CCCNC(C)(C)C)OCCc1cccs1. The smallest absolute Gasteiger partial charge is 0.0547 e. The van der Waals surface area contributed by atoms with E-state index in [4.69, 9.17) is 4.74 Å². The zero-order chi connectivity index (χ0) is 13.4. The Bertz CT molecular complexity index is 303. The lowest BCUT2D eigenvalue weighted by atomic mass is 10.1. The van der Waals surface area contributed by atoms with Crippen molar-refractivity contribution in [2.24, 2.45) is 0 Å². The van der Waals surface area contributed by atoms with Crippen molar-refractivity contribution in [3.8, 4) is 0 Å². The molecule has 0 radical (unpaired) electrons. The van der Waals surface area contributed by atoms with E-state index < -0.39 is 0 Å². The van der Waals surface area contributed by atoms with E-state index in [2.05, 4.69) is 50.5 Å². The Morgan fingerprint density at radius 3 is 2.78 bits per heavy atom. The molecule has 0 amide bonds. The van der Waals surface area contributed by atoms with E-state index in [1.54, 1.807) is 0 Å². The molecule has 1 rings (SSSR count). The maximum atomic E-state index is 5.83. The standard InChI is InChI=1S/C15H27NOS/c1-13(7-5-10-16-15(2,3)4)17-11-9-14-8-6-12-18-14/h6,8,12-13,16H,5,7,9-11H2,1-4H3. The van der Waals surface area contributed by atoms with Crippen LogP contribution in [0.25, 0.3) is 0 Å². The number of hydrogen-bond donors (Lipinski definition) is 1. The third-order valence-corrected chi connectivity index (χ3v) is 3.71. The Morgan fingerprint density at radius 1 is 1.39 bits per heavy atom. The van der Waals surface area contributed by atoms with E-state index in [9.17, 15) is 0 Å². The number of nitrogens with one attached hydrogen (secondary N) is 1. The van der Waals surface area contributed by atoms with E-state index in [0.29, 0.717) is 6.10 Å². The van der Waals surface area contributed by atoms with Crippen LogP contribution in [0.4, 0.5) is 0 Å². The molecule has 1 atom stereocenters. The van der Waals surface area contributed by atoms with Gasteiger partial charge < -0.3 is 10.1 Å². The molecule has 104 valence electrons. The van der Waals surface area contributed by atoms with Gasteiger partial charge in [-0.3, -0.25) is 0 Å². The molecule has 2 nitrogen and oxygen atoms in total. The van der Waals surface area contributed by atoms with Crippen molar-refractivity contribution in [1.82, 2.24) is 5.32 Å². The molecule has 0 spiro atoms. The lowest BCUT2D eigenvalue weighted by Gasteiger charge is -2.21. The van der Waals surface area contributed by atoms with Crippen LogP contribution in [-0.4, -0.2) is 24.8 Å². The molecule has 3 heteroatoms. The molecule has 18 heavy (non-hydrogen) atoms. The fourth-order valence-electron chi connectivity index (χ4n) is 1.75. The van der Waals surface area contributed by atoms with Gasteiger partial charge in [0, 0.05) is 16.8 Å². The monoisotopic (exact) mass is 269 g/mol. The fraction of sp³-hybridized carbons (Fsp3) is 0.733. The van der Waals surface area contributed by atoms with Crippen molar-refractivity contribution in [2.45, 2.75) is 58.6 Å². The van der Waals surface area contributed by atoms with Crippen LogP contribution in [0.3, 0.4) is 0 Å². The summed E-state index contributed by atoms with van der Waals surface area (Å²) < 4.78 is 5.83. The minimum absolute atomic E-state index is 0.225. The molecule has 1 N–H and O–H groups in total. The second-order valence-corrected chi connectivity index (χ2v) is 6.86. The molecular weight excluding hydrogens is 242 g/mol. The number of hydrogen-bond acceptors (Lipinski definition) is 3. The van der Waals surface area contributed by atoms with E-state index in [0.717, 1.165) is 26.0 Å². The van der Waals surface area contributed by atoms with Gasteiger partial charge in [-0.05, 0) is 58.5 Å². The summed E-state index contributed by atoms with van der Waals surface area (Å²) >= 11 is 1.81. The summed E-state index contributed by atoms with van der Waals surface area (Å²) in [5.41, 5.74) is 0.225. The lowest BCUT2D eigenvalue weighted by molar-refractivity contribution is 0.0612. The average molecular weight is 269 g/mol. The van der Waals surface area contributed by atoms with Crippen molar-refractivity contribution >= 4 is 11.3 Å². The van der Waals surface area contributed by atoms with Gasteiger partial charge in [0.25, 0.3) is 0 Å². The maximum Gasteiger partial charge on any atom is 0.0547 e. The Morgan fingerprint density at radius 2 is 2.17 bits per heavy atom. The summed E-state index contributed by atoms with van der Waals surface area (Å²) in [6, 6.07) is 4.27. The average Bonchev–Trinajstić information content (AvgIpc) is 2.76. The van der Waals surface area contributed by atoms with Crippen LogP contribution in [0.1, 0.15) is 45.4 Å². The second-order valence-electron chi connectivity index (χ2n) is 5.83. The predicted molar refractivity (Wildman–Crippen MR) is 80.4 cm³/mol. The Labute approximate surface area is 116 Å². The van der Waals surface area contributed by atoms with Crippen LogP contribution in [0.2, 0.25) is 0 Å². The molecule has 1 aromatic heterocycles. The largest absolute Gasteiger partial charge is 0.378 e. The summed E-state index contributed by atoms with van der Waals surface area (Å²) in [6.07, 6.45) is 3.72. The molecular formula is C15H27NOS. The molecule has 1 unspecified atom stereocenters. The first-order valence-electron chi connectivity index (χ1n) is 6.86. The Kier molecular flexibility index (Phi) is 6.90. The summed E-state index contributed by atoms with van der Waals surface area (Å²) in [5.74, 6) is 0. The van der Waals surface area contributed by atoms with Gasteiger partial charge in [-0.1, -0.05) is 6.07 Å². The van der Waals surface area contributed by atoms with Crippen molar-refractivity contribution in [3.63, 3.8) is 0 Å². The first-order valence-corrected chi connectivity index (χ1v) is 7.74.